The first-order chi connectivity index (χ1) is 6.04. The van der Waals surface area contributed by atoms with E-state index < -0.39 is 0 Å². The molecule has 0 radical (unpaired) electrons. The first-order valence-electron chi connectivity index (χ1n) is 4.44. The van der Waals surface area contributed by atoms with Crippen LogP contribution in [-0.2, 0) is 26.5 Å². The minimum absolute atomic E-state index is 0. The van der Waals surface area contributed by atoms with Crippen LogP contribution in [0, 0.1) is 6.07 Å². The predicted molar refractivity (Wildman–Crippen MR) is 56.7 cm³/mol. The summed E-state index contributed by atoms with van der Waals surface area (Å²) in [6.07, 6.45) is 2.76. The molecule has 1 rings (SSSR count). The van der Waals surface area contributed by atoms with Gasteiger partial charge in [0.1, 0.15) is 0 Å². The number of hydrogen-bond acceptors (Lipinski definition) is 1. The van der Waals surface area contributed by atoms with Gasteiger partial charge in [0, 0.05) is 0 Å². The van der Waals surface area contributed by atoms with Crippen LogP contribution in [-0.4, -0.2) is 6.21 Å². The van der Waals surface area contributed by atoms with E-state index in [2.05, 4.69) is 50.2 Å². The Balaban J connectivity index is 0.00000169. The predicted octanol–water partition coefficient (Wildman–Crippen LogP) is 3.38. The van der Waals surface area contributed by atoms with E-state index in [1.165, 1.54) is 5.56 Å². The van der Waals surface area contributed by atoms with E-state index in [-0.39, 0.29) is 26.5 Å². The number of nitrogens with zero attached hydrogens (tertiary/aromatic N) is 1. The third-order valence-corrected chi connectivity index (χ3v) is 1.88. The van der Waals surface area contributed by atoms with Gasteiger partial charge in [0.15, 0.2) is 0 Å². The second kappa shape index (κ2) is 5.46. The standard InChI is InChI=1S/C12H15N.W/c1-5-13-11-8-6-7-10(9-11)12(2,3)4;/h6-7,9H,1-4H3;/q-2;+2. The first-order valence-corrected chi connectivity index (χ1v) is 4.44. The van der Waals surface area contributed by atoms with Gasteiger partial charge < -0.3 is 4.99 Å². The molecule has 0 aliphatic rings. The molecule has 0 saturated carbocycles. The van der Waals surface area contributed by atoms with E-state index in [9.17, 15) is 0 Å². The summed E-state index contributed by atoms with van der Waals surface area (Å²) in [6.45, 7) is 8.35. The van der Waals surface area contributed by atoms with Gasteiger partial charge in [-0.2, -0.15) is 23.9 Å². The molecule has 0 spiro atoms. The zero-order valence-corrected chi connectivity index (χ0v) is 12.0. The van der Waals surface area contributed by atoms with E-state index in [1.807, 2.05) is 6.07 Å². The van der Waals surface area contributed by atoms with Crippen molar-refractivity contribution in [3.05, 3.63) is 29.8 Å². The van der Waals surface area contributed by atoms with Gasteiger partial charge in [0.25, 0.3) is 0 Å². The summed E-state index contributed by atoms with van der Waals surface area (Å²) in [5.74, 6) is 0. The summed E-state index contributed by atoms with van der Waals surface area (Å²) in [7, 11) is 0. The third-order valence-electron chi connectivity index (χ3n) is 1.88. The largest absolute Gasteiger partial charge is 2.00 e. The van der Waals surface area contributed by atoms with Crippen LogP contribution < -0.4 is 0 Å². The monoisotopic (exact) mass is 357 g/mol. The number of hydrogen-bond donors (Lipinski definition) is 0. The first kappa shape index (κ1) is 13.6. The summed E-state index contributed by atoms with van der Waals surface area (Å²) >= 11 is 0. The van der Waals surface area contributed by atoms with Crippen molar-refractivity contribution in [1.82, 2.24) is 0 Å². The Hall–Kier alpha value is -0.422. The Bertz CT molecular complexity index is 310. The average molecular weight is 357 g/mol. The molecule has 1 aromatic rings. The fourth-order valence-electron chi connectivity index (χ4n) is 1.11. The van der Waals surface area contributed by atoms with Crippen LogP contribution in [0.15, 0.2) is 23.2 Å². The molecule has 0 amide bonds. The van der Waals surface area contributed by atoms with E-state index in [1.54, 1.807) is 6.92 Å². The Morgan fingerprint density at radius 1 is 1.36 bits per heavy atom. The summed E-state index contributed by atoms with van der Waals surface area (Å²) in [6, 6.07) is 9.10. The van der Waals surface area contributed by atoms with Crippen LogP contribution in [0.25, 0.3) is 0 Å². The minimum atomic E-state index is 0. The molecule has 0 N–H and O–H groups in total. The van der Waals surface area contributed by atoms with Gasteiger partial charge in [-0.15, -0.1) is 6.92 Å². The minimum Gasteiger partial charge on any atom is -0.482 e. The van der Waals surface area contributed by atoms with Crippen molar-refractivity contribution in [3.63, 3.8) is 0 Å². The molecule has 0 heterocycles. The van der Waals surface area contributed by atoms with Crippen LogP contribution in [0.2, 0.25) is 0 Å². The van der Waals surface area contributed by atoms with Gasteiger partial charge in [-0.1, -0.05) is 20.8 Å². The van der Waals surface area contributed by atoms with Gasteiger partial charge in [-0.25, -0.2) is 11.8 Å². The van der Waals surface area contributed by atoms with Crippen LogP contribution in [0.1, 0.15) is 33.3 Å². The van der Waals surface area contributed by atoms with Crippen molar-refractivity contribution < 1.29 is 21.1 Å². The quantitative estimate of drug-likeness (QED) is 0.540. The third kappa shape index (κ3) is 3.75. The Morgan fingerprint density at radius 3 is 2.50 bits per heavy atom. The second-order valence-corrected chi connectivity index (χ2v) is 4.05. The molecule has 0 aliphatic carbocycles. The molecule has 2 heteroatoms. The fraction of sp³-hybridized carbons (Fsp3) is 0.417. The SMILES string of the molecule is C[C-]=Nc1[c-]ccc(C(C)(C)C)c1.[W+2]. The van der Waals surface area contributed by atoms with E-state index in [0.29, 0.717) is 0 Å². The fourth-order valence-corrected chi connectivity index (χ4v) is 1.11. The molecule has 1 nitrogen and oxygen atoms in total. The topological polar surface area (TPSA) is 12.4 Å². The molecule has 1 aromatic carbocycles. The number of rotatable bonds is 1. The molecule has 0 fully saturated rings. The molecular formula is C12H15NW. The van der Waals surface area contributed by atoms with Crippen molar-refractivity contribution in [3.8, 4) is 0 Å². The molecule has 14 heavy (non-hydrogen) atoms. The summed E-state index contributed by atoms with van der Waals surface area (Å²) in [4.78, 5) is 4.08. The molecule has 0 atom stereocenters. The molecular weight excluding hydrogens is 342 g/mol. The Kier molecular flexibility index (Phi) is 5.29. The molecule has 74 valence electrons. The van der Waals surface area contributed by atoms with Crippen LogP contribution in [0.5, 0.6) is 0 Å². The van der Waals surface area contributed by atoms with Crippen molar-refractivity contribution in [2.24, 2.45) is 4.99 Å². The van der Waals surface area contributed by atoms with Crippen LogP contribution in [0.4, 0.5) is 5.69 Å². The maximum atomic E-state index is 4.08. The molecule has 0 aliphatic heterocycles. The Morgan fingerprint density at radius 2 is 2.00 bits per heavy atom. The number of aliphatic imine (C=N–C) groups is 1. The summed E-state index contributed by atoms with van der Waals surface area (Å²) in [5, 5.41) is 0. The van der Waals surface area contributed by atoms with Gasteiger partial charge >= 0.3 is 21.1 Å². The normalized spacial score (nSPS) is 11.4. The average Bonchev–Trinajstić information content (AvgIpc) is 2.04. The molecule has 0 unspecified atom stereocenters. The molecule has 0 aromatic heterocycles. The van der Waals surface area contributed by atoms with Gasteiger partial charge in [-0.3, -0.25) is 6.07 Å². The van der Waals surface area contributed by atoms with Crippen molar-refractivity contribution in [2.45, 2.75) is 33.1 Å². The maximum absolute atomic E-state index is 4.08. The number of benzene rings is 1. The Labute approximate surface area is 101 Å². The van der Waals surface area contributed by atoms with E-state index in [0.717, 1.165) is 5.69 Å². The molecule has 0 saturated heterocycles. The second-order valence-electron chi connectivity index (χ2n) is 4.05. The van der Waals surface area contributed by atoms with Crippen molar-refractivity contribution in [2.75, 3.05) is 0 Å². The van der Waals surface area contributed by atoms with Gasteiger partial charge in [0.2, 0.25) is 0 Å². The van der Waals surface area contributed by atoms with Gasteiger partial charge in [-0.05, 0) is 5.41 Å². The summed E-state index contributed by atoms with van der Waals surface area (Å²) in [5.41, 5.74) is 2.31. The van der Waals surface area contributed by atoms with Crippen molar-refractivity contribution in [1.29, 1.82) is 0 Å². The van der Waals surface area contributed by atoms with Crippen molar-refractivity contribution >= 4 is 11.9 Å². The smallest absolute Gasteiger partial charge is 0.482 e. The zero-order chi connectivity index (χ0) is 9.90. The maximum Gasteiger partial charge on any atom is 2.00 e. The molecule has 0 bridgehead atoms. The van der Waals surface area contributed by atoms with Crippen LogP contribution >= 0.6 is 0 Å². The summed E-state index contributed by atoms with van der Waals surface area (Å²) < 4.78 is 0. The van der Waals surface area contributed by atoms with Crippen LogP contribution in [0.3, 0.4) is 0 Å². The van der Waals surface area contributed by atoms with E-state index >= 15 is 0 Å². The van der Waals surface area contributed by atoms with E-state index in [4.69, 9.17) is 0 Å². The zero-order valence-electron chi connectivity index (χ0n) is 9.09. The van der Waals surface area contributed by atoms with Gasteiger partial charge in [0.05, 0.1) is 0 Å².